The minimum atomic E-state index is -4.82. The van der Waals surface area contributed by atoms with E-state index in [1.54, 1.807) is 0 Å². The van der Waals surface area contributed by atoms with Gasteiger partial charge < -0.3 is 9.15 Å². The molecule has 0 aliphatic heterocycles. The van der Waals surface area contributed by atoms with Crippen molar-refractivity contribution in [3.63, 3.8) is 0 Å². The highest BCUT2D eigenvalue weighted by molar-refractivity contribution is 6.32. The molecule has 37 heavy (non-hydrogen) atoms. The van der Waals surface area contributed by atoms with Gasteiger partial charge in [-0.1, -0.05) is 54.7 Å². The molecular weight excluding hydrogens is 561 g/mol. The molecule has 2 aromatic carbocycles. The fourth-order valence-corrected chi connectivity index (χ4v) is 3.71. The topological polar surface area (TPSA) is 89.8 Å². The van der Waals surface area contributed by atoms with Crippen LogP contribution >= 0.6 is 34.8 Å². The Morgan fingerprint density at radius 2 is 1.81 bits per heavy atom. The maximum Gasteiger partial charge on any atom is 0.436 e. The molecule has 0 amide bonds. The summed E-state index contributed by atoms with van der Waals surface area (Å²) < 4.78 is 66.9. The fourth-order valence-electron chi connectivity index (χ4n) is 3.09. The van der Waals surface area contributed by atoms with Crippen molar-refractivity contribution in [2.45, 2.75) is 26.4 Å². The van der Waals surface area contributed by atoms with Crippen molar-refractivity contribution in [1.29, 1.82) is 5.26 Å². The van der Waals surface area contributed by atoms with E-state index in [0.29, 0.717) is 0 Å². The van der Waals surface area contributed by atoms with Crippen LogP contribution in [0.25, 0.3) is 11.5 Å². The van der Waals surface area contributed by atoms with Gasteiger partial charge >= 0.3 is 6.18 Å². The quantitative estimate of drug-likeness (QED) is 0.225. The first kappa shape index (κ1) is 28.2. The van der Waals surface area contributed by atoms with Crippen LogP contribution in [0.5, 0.6) is 11.5 Å². The van der Waals surface area contributed by atoms with Crippen LogP contribution in [-0.4, -0.2) is 20.0 Å². The van der Waals surface area contributed by atoms with E-state index in [1.807, 2.05) is 19.9 Å². The van der Waals surface area contributed by atoms with Gasteiger partial charge in [0.1, 0.15) is 16.5 Å². The Labute approximate surface area is 223 Å². The third-order valence-electron chi connectivity index (χ3n) is 4.62. The number of nitrogens with zero attached hydrogens (tertiary/aromatic N) is 5. The van der Waals surface area contributed by atoms with E-state index in [4.69, 9.17) is 49.2 Å². The summed E-state index contributed by atoms with van der Waals surface area (Å²) in [5.41, 5.74) is -1.71. The van der Waals surface area contributed by atoms with Crippen LogP contribution in [0.4, 0.5) is 17.6 Å². The Bertz CT molecular complexity index is 1480. The van der Waals surface area contributed by atoms with Gasteiger partial charge in [-0.2, -0.15) is 23.5 Å². The van der Waals surface area contributed by atoms with Crippen LogP contribution in [-0.2, 0) is 19.6 Å². The molecule has 0 atom stereocenters. The van der Waals surface area contributed by atoms with E-state index < -0.39 is 29.1 Å². The van der Waals surface area contributed by atoms with E-state index in [2.05, 4.69) is 15.3 Å². The van der Waals surface area contributed by atoms with E-state index in [9.17, 15) is 13.2 Å². The minimum Gasteiger partial charge on any atom is -0.453 e. The van der Waals surface area contributed by atoms with Gasteiger partial charge in [-0.3, -0.25) is 4.68 Å². The van der Waals surface area contributed by atoms with E-state index >= 15 is 4.39 Å². The van der Waals surface area contributed by atoms with Crippen LogP contribution in [0, 0.1) is 17.1 Å². The van der Waals surface area contributed by atoms with Gasteiger partial charge in [0.05, 0.1) is 23.1 Å². The number of halogens is 7. The average molecular weight is 577 g/mol. The lowest BCUT2D eigenvalue weighted by molar-refractivity contribution is -0.141. The molecule has 14 heteroatoms. The van der Waals surface area contributed by atoms with Crippen molar-refractivity contribution < 1.29 is 26.7 Å². The van der Waals surface area contributed by atoms with Crippen LogP contribution in [0.15, 0.2) is 34.7 Å². The van der Waals surface area contributed by atoms with Crippen LogP contribution in [0.3, 0.4) is 0 Å². The summed E-state index contributed by atoms with van der Waals surface area (Å²) in [6, 6.07) is 8.68. The van der Waals surface area contributed by atoms with Crippen molar-refractivity contribution in [2.24, 2.45) is 7.05 Å². The van der Waals surface area contributed by atoms with Gasteiger partial charge in [0.2, 0.25) is 5.89 Å². The molecule has 0 saturated heterocycles. The predicted octanol–water partition coefficient (Wildman–Crippen LogP) is 7.87. The standard InChI is InChI=1S/C21H10Cl3F4N5O2.C2H6/c1-33-19(24)15(18(32-33)21(26,27)28)20-31-30-14(35-20)6-10-2-3-13(23)17(16(10)25)34-12-5-9(8-29)4-11(22)7-12;1-2/h2-5,7H,6H2,1H3;1-2H3. The zero-order chi connectivity index (χ0) is 27.5. The van der Waals surface area contributed by atoms with Crippen molar-refractivity contribution >= 4 is 34.8 Å². The molecule has 4 aromatic rings. The maximum absolute atomic E-state index is 15.2. The second-order valence-corrected chi connectivity index (χ2v) is 8.25. The number of rotatable bonds is 5. The Hall–Kier alpha value is -3.33. The molecule has 0 saturated carbocycles. The van der Waals surface area contributed by atoms with Gasteiger partial charge in [-0.15, -0.1) is 10.2 Å². The first-order chi connectivity index (χ1) is 17.5. The van der Waals surface area contributed by atoms with Crippen LogP contribution < -0.4 is 4.74 Å². The highest BCUT2D eigenvalue weighted by Crippen LogP contribution is 2.40. The highest BCUT2D eigenvalue weighted by atomic mass is 35.5. The summed E-state index contributed by atoms with van der Waals surface area (Å²) in [4.78, 5) is 0. The SMILES string of the molecule is CC.Cn1nc(C(F)(F)F)c(-c2nnc(Cc3ccc(Cl)c(Oc4cc(Cl)cc(C#N)c4)c3F)o2)c1Cl. The smallest absolute Gasteiger partial charge is 0.436 e. The normalized spacial score (nSPS) is 11.1. The molecular formula is C23H16Cl3F4N5O2. The van der Waals surface area contributed by atoms with Gasteiger partial charge in [-0.25, -0.2) is 4.39 Å². The molecule has 0 spiro atoms. The second-order valence-electron chi connectivity index (χ2n) is 7.05. The van der Waals surface area contributed by atoms with Crippen LogP contribution in [0.2, 0.25) is 15.2 Å². The number of ether oxygens (including phenoxy) is 1. The minimum absolute atomic E-state index is 0.00420. The van der Waals surface area contributed by atoms with Gasteiger partial charge in [-0.05, 0) is 24.3 Å². The molecule has 194 valence electrons. The Morgan fingerprint density at radius 3 is 2.46 bits per heavy atom. The second kappa shape index (κ2) is 11.4. The van der Waals surface area contributed by atoms with Crippen molar-refractivity contribution in [2.75, 3.05) is 0 Å². The summed E-state index contributed by atoms with van der Waals surface area (Å²) in [6.07, 6.45) is -5.13. The molecule has 0 fully saturated rings. The third kappa shape index (κ3) is 6.15. The highest BCUT2D eigenvalue weighted by Gasteiger charge is 2.41. The fraction of sp³-hybridized carbons (Fsp3) is 0.217. The number of aryl methyl sites for hydroxylation is 1. The molecule has 0 unspecified atom stereocenters. The predicted molar refractivity (Wildman–Crippen MR) is 128 cm³/mol. The number of alkyl halides is 3. The molecule has 0 N–H and O–H groups in total. The number of hydrogen-bond donors (Lipinski definition) is 0. The zero-order valence-corrected chi connectivity index (χ0v) is 21.6. The molecule has 0 radical (unpaired) electrons. The number of nitriles is 1. The number of hydrogen-bond acceptors (Lipinski definition) is 6. The summed E-state index contributed by atoms with van der Waals surface area (Å²) in [5.74, 6) is -1.90. The molecule has 7 nitrogen and oxygen atoms in total. The van der Waals surface area contributed by atoms with Crippen LogP contribution in [0.1, 0.15) is 36.6 Å². The lowest BCUT2D eigenvalue weighted by Gasteiger charge is -2.12. The van der Waals surface area contributed by atoms with Gasteiger partial charge in [0, 0.05) is 17.6 Å². The summed E-state index contributed by atoms with van der Waals surface area (Å²) in [6.45, 7) is 4.00. The monoisotopic (exact) mass is 575 g/mol. The van der Waals surface area contributed by atoms with E-state index in [1.165, 1.54) is 37.4 Å². The number of aromatic nitrogens is 4. The van der Waals surface area contributed by atoms with Crippen molar-refractivity contribution in [3.05, 3.63) is 74.1 Å². The first-order valence-corrected chi connectivity index (χ1v) is 11.6. The first-order valence-electron chi connectivity index (χ1n) is 10.5. The lowest BCUT2D eigenvalue weighted by Crippen LogP contribution is -2.08. The van der Waals surface area contributed by atoms with Crippen molar-refractivity contribution in [3.8, 4) is 29.0 Å². The molecule has 4 rings (SSSR count). The largest absolute Gasteiger partial charge is 0.453 e. The average Bonchev–Trinajstić information content (AvgIpc) is 3.43. The Balaban J connectivity index is 0.00000186. The summed E-state index contributed by atoms with van der Waals surface area (Å²) in [7, 11) is 1.22. The Morgan fingerprint density at radius 1 is 1.11 bits per heavy atom. The molecule has 0 bridgehead atoms. The number of benzene rings is 2. The summed E-state index contributed by atoms with van der Waals surface area (Å²) in [5, 5.41) is 19.5. The zero-order valence-electron chi connectivity index (χ0n) is 19.3. The third-order valence-corrected chi connectivity index (χ3v) is 5.57. The molecule has 0 aliphatic carbocycles. The lowest BCUT2D eigenvalue weighted by atomic mass is 10.1. The molecule has 0 aliphatic rings. The molecule has 2 heterocycles. The summed E-state index contributed by atoms with van der Waals surface area (Å²) >= 11 is 18.0. The van der Waals surface area contributed by atoms with Gasteiger partial charge in [0.15, 0.2) is 17.3 Å². The Kier molecular flexibility index (Phi) is 8.68. The van der Waals surface area contributed by atoms with E-state index in [0.717, 1.165) is 4.68 Å². The molecule has 2 aromatic heterocycles. The van der Waals surface area contributed by atoms with Gasteiger partial charge in [0.25, 0.3) is 5.89 Å². The van der Waals surface area contributed by atoms with Crippen molar-refractivity contribution in [1.82, 2.24) is 20.0 Å². The maximum atomic E-state index is 15.2. The van der Waals surface area contributed by atoms with E-state index in [-0.39, 0.29) is 50.1 Å².